The van der Waals surface area contributed by atoms with E-state index in [1.807, 2.05) is 0 Å². The van der Waals surface area contributed by atoms with Crippen LogP contribution in [0.4, 0.5) is 8.78 Å². The lowest BCUT2D eigenvalue weighted by molar-refractivity contribution is -0.143. The summed E-state index contributed by atoms with van der Waals surface area (Å²) in [4.78, 5) is 11.1. The molecule has 0 aliphatic rings. The van der Waals surface area contributed by atoms with Crippen molar-refractivity contribution in [2.24, 2.45) is 5.73 Å². The minimum Gasteiger partial charge on any atom is -0.466 e. The zero-order chi connectivity index (χ0) is 13.5. The Labute approximate surface area is 105 Å². The maximum Gasteiger partial charge on any atom is 0.305 e. The molecule has 0 amide bonds. The molecule has 1 rings (SSSR count). The summed E-state index contributed by atoms with van der Waals surface area (Å²) in [5.74, 6) is -1.54. The average Bonchev–Trinajstić information content (AvgIpc) is 2.31. The summed E-state index contributed by atoms with van der Waals surface area (Å²) in [7, 11) is 0. The van der Waals surface area contributed by atoms with Gasteiger partial charge < -0.3 is 10.5 Å². The number of nitrogens with two attached hydrogens (primary N) is 1. The van der Waals surface area contributed by atoms with Gasteiger partial charge in [-0.25, -0.2) is 8.78 Å². The topological polar surface area (TPSA) is 52.3 Å². The van der Waals surface area contributed by atoms with Gasteiger partial charge in [0.05, 0.1) is 6.61 Å². The van der Waals surface area contributed by atoms with Gasteiger partial charge in [0.25, 0.3) is 0 Å². The van der Waals surface area contributed by atoms with Crippen LogP contribution in [0.3, 0.4) is 0 Å². The van der Waals surface area contributed by atoms with Crippen LogP contribution in [0.1, 0.15) is 25.3 Å². The van der Waals surface area contributed by atoms with Gasteiger partial charge in [-0.15, -0.1) is 0 Å². The number of hydrogen-bond acceptors (Lipinski definition) is 3. The number of benzene rings is 1. The highest BCUT2D eigenvalue weighted by Gasteiger charge is 2.11. The number of rotatable bonds is 6. The van der Waals surface area contributed by atoms with Gasteiger partial charge >= 0.3 is 5.97 Å². The van der Waals surface area contributed by atoms with Gasteiger partial charge in [0.2, 0.25) is 0 Å². The second-order valence-electron chi connectivity index (χ2n) is 4.04. The van der Waals surface area contributed by atoms with Gasteiger partial charge in [0.1, 0.15) is 11.6 Å². The van der Waals surface area contributed by atoms with Crippen molar-refractivity contribution >= 4 is 5.97 Å². The van der Waals surface area contributed by atoms with Crippen LogP contribution in [0.25, 0.3) is 0 Å². The Morgan fingerprint density at radius 2 is 2.17 bits per heavy atom. The largest absolute Gasteiger partial charge is 0.466 e. The summed E-state index contributed by atoms with van der Waals surface area (Å²) in [6, 6.07) is 3.04. The first-order valence-corrected chi connectivity index (χ1v) is 5.88. The smallest absolute Gasteiger partial charge is 0.305 e. The van der Waals surface area contributed by atoms with Crippen molar-refractivity contribution in [1.29, 1.82) is 0 Å². The molecule has 0 bridgehead atoms. The van der Waals surface area contributed by atoms with Crippen molar-refractivity contribution in [2.45, 2.75) is 32.2 Å². The van der Waals surface area contributed by atoms with Crippen LogP contribution < -0.4 is 5.73 Å². The predicted molar refractivity (Wildman–Crippen MR) is 63.9 cm³/mol. The Bertz CT molecular complexity index is 410. The van der Waals surface area contributed by atoms with E-state index < -0.39 is 11.6 Å². The Morgan fingerprint density at radius 1 is 1.44 bits per heavy atom. The maximum atomic E-state index is 13.3. The lowest BCUT2D eigenvalue weighted by atomic mass is 10.0. The third-order valence-electron chi connectivity index (χ3n) is 2.52. The number of carbonyl (C=O) groups excluding carboxylic acids is 1. The first kappa shape index (κ1) is 14.6. The number of hydrogen-bond donors (Lipinski definition) is 1. The molecule has 1 unspecified atom stereocenters. The number of esters is 1. The molecule has 0 spiro atoms. The molecule has 0 aliphatic carbocycles. The van der Waals surface area contributed by atoms with E-state index in [1.54, 1.807) is 6.92 Å². The van der Waals surface area contributed by atoms with Crippen LogP contribution in [0.5, 0.6) is 0 Å². The number of halogens is 2. The molecular weight excluding hydrogens is 240 g/mol. The Hall–Kier alpha value is -1.49. The molecule has 0 saturated carbocycles. The van der Waals surface area contributed by atoms with E-state index in [4.69, 9.17) is 10.5 Å². The molecule has 0 saturated heterocycles. The van der Waals surface area contributed by atoms with E-state index in [9.17, 15) is 13.6 Å². The summed E-state index contributed by atoms with van der Waals surface area (Å²) < 4.78 is 30.8. The van der Waals surface area contributed by atoms with E-state index in [2.05, 4.69) is 0 Å². The maximum absolute atomic E-state index is 13.3. The lowest BCUT2D eigenvalue weighted by Crippen LogP contribution is -2.24. The molecule has 1 aromatic rings. The molecule has 18 heavy (non-hydrogen) atoms. The van der Waals surface area contributed by atoms with Crippen molar-refractivity contribution in [2.75, 3.05) is 6.61 Å². The van der Waals surface area contributed by atoms with E-state index in [0.717, 1.165) is 6.07 Å². The third-order valence-corrected chi connectivity index (χ3v) is 2.52. The molecule has 0 heterocycles. The molecule has 0 radical (unpaired) electrons. The van der Waals surface area contributed by atoms with Gasteiger partial charge in [-0.1, -0.05) is 6.07 Å². The molecule has 0 fully saturated rings. The highest BCUT2D eigenvalue weighted by atomic mass is 19.1. The molecule has 1 atom stereocenters. The fourth-order valence-corrected chi connectivity index (χ4v) is 1.61. The van der Waals surface area contributed by atoms with Crippen LogP contribution in [-0.2, 0) is 16.0 Å². The molecule has 0 aromatic heterocycles. The van der Waals surface area contributed by atoms with Crippen molar-refractivity contribution in [3.05, 3.63) is 35.4 Å². The Kier molecular flexibility index (Phi) is 5.71. The quantitative estimate of drug-likeness (QED) is 0.795. The number of ether oxygens (including phenoxy) is 1. The van der Waals surface area contributed by atoms with E-state index in [0.29, 0.717) is 18.6 Å². The summed E-state index contributed by atoms with van der Waals surface area (Å²) >= 11 is 0. The van der Waals surface area contributed by atoms with Crippen molar-refractivity contribution in [3.8, 4) is 0 Å². The highest BCUT2D eigenvalue weighted by molar-refractivity contribution is 5.69. The highest BCUT2D eigenvalue weighted by Crippen LogP contribution is 2.13. The molecule has 3 nitrogen and oxygen atoms in total. The van der Waals surface area contributed by atoms with Gasteiger partial charge in [-0.05, 0) is 31.4 Å². The van der Waals surface area contributed by atoms with Crippen molar-refractivity contribution in [3.63, 3.8) is 0 Å². The summed E-state index contributed by atoms with van der Waals surface area (Å²) in [6.45, 7) is 2.06. The second-order valence-corrected chi connectivity index (χ2v) is 4.04. The zero-order valence-electron chi connectivity index (χ0n) is 10.3. The van der Waals surface area contributed by atoms with Gasteiger partial charge in [0, 0.05) is 18.5 Å². The summed E-state index contributed by atoms with van der Waals surface area (Å²) in [5, 5.41) is 0. The van der Waals surface area contributed by atoms with Gasteiger partial charge in [-0.3, -0.25) is 4.79 Å². The van der Waals surface area contributed by atoms with E-state index in [-0.39, 0.29) is 24.9 Å². The van der Waals surface area contributed by atoms with E-state index >= 15 is 0 Å². The first-order valence-electron chi connectivity index (χ1n) is 5.88. The SMILES string of the molecule is CCOC(=O)CCC(N)Cc1ccc(F)cc1F. The Morgan fingerprint density at radius 3 is 2.78 bits per heavy atom. The molecular formula is C13H17F2NO2. The fourth-order valence-electron chi connectivity index (χ4n) is 1.61. The normalized spacial score (nSPS) is 12.2. The molecule has 2 N–H and O–H groups in total. The van der Waals surface area contributed by atoms with Gasteiger partial charge in [0.15, 0.2) is 0 Å². The summed E-state index contributed by atoms with van der Waals surface area (Å²) in [6.07, 6.45) is 0.888. The van der Waals surface area contributed by atoms with Crippen LogP contribution in [0, 0.1) is 11.6 Å². The Balaban J connectivity index is 2.44. The predicted octanol–water partition coefficient (Wildman–Crippen LogP) is 2.18. The van der Waals surface area contributed by atoms with Crippen LogP contribution in [-0.4, -0.2) is 18.6 Å². The third kappa shape index (κ3) is 4.79. The average molecular weight is 257 g/mol. The lowest BCUT2D eigenvalue weighted by Gasteiger charge is -2.11. The van der Waals surface area contributed by atoms with Crippen LogP contribution >= 0.6 is 0 Å². The first-order chi connectivity index (χ1) is 8.52. The van der Waals surface area contributed by atoms with Gasteiger partial charge in [-0.2, -0.15) is 0 Å². The minimum atomic E-state index is -0.614. The summed E-state index contributed by atoms with van der Waals surface area (Å²) in [5.41, 5.74) is 6.14. The zero-order valence-corrected chi connectivity index (χ0v) is 10.3. The standard InChI is InChI=1S/C13H17F2NO2/c1-2-18-13(17)6-5-11(16)7-9-3-4-10(14)8-12(9)15/h3-4,8,11H,2,5-7,16H2,1H3. The van der Waals surface area contributed by atoms with Crippen molar-refractivity contribution in [1.82, 2.24) is 0 Å². The molecule has 0 aliphatic heterocycles. The minimum absolute atomic E-state index is 0.206. The molecule has 1 aromatic carbocycles. The monoisotopic (exact) mass is 257 g/mol. The van der Waals surface area contributed by atoms with E-state index in [1.165, 1.54) is 12.1 Å². The fraction of sp³-hybridized carbons (Fsp3) is 0.462. The second kappa shape index (κ2) is 7.06. The number of carbonyl (C=O) groups is 1. The van der Waals surface area contributed by atoms with Crippen molar-refractivity contribution < 1.29 is 18.3 Å². The van der Waals surface area contributed by atoms with Crippen LogP contribution in [0.15, 0.2) is 18.2 Å². The molecule has 5 heteroatoms. The molecule has 100 valence electrons. The van der Waals surface area contributed by atoms with Crippen LogP contribution in [0.2, 0.25) is 0 Å².